The van der Waals surface area contributed by atoms with E-state index in [1.165, 1.54) is 36.4 Å². The fourth-order valence-electron chi connectivity index (χ4n) is 8.19. The first-order valence-electron chi connectivity index (χ1n) is 20.2. The summed E-state index contributed by atoms with van der Waals surface area (Å²) in [6, 6.07) is 25.5. The summed E-state index contributed by atoms with van der Waals surface area (Å²) >= 11 is 0. The van der Waals surface area contributed by atoms with Crippen LogP contribution < -0.4 is 26.8 Å². The molecule has 0 fully saturated rings. The standard InChI is InChI=1S/C47H27N3O18S3/c48-38-41(51)31-18-28(10-14-35(31)63-44(38)54)69(57,58)66-25-5-1-23(2-6-25)47(24-3-7-26(8-4-24)67-70(59,60)29-11-15-36-32(19-29)42(52)39(49)45(55)64-36)21-22-17-27(9-13-34(22)47)68-71(61,62)30-12-16-37-33(20-30)43(53)40(50)46(56)65-37/h1-20,48-50,61-62H,21H2/p-1. The van der Waals surface area contributed by atoms with Crippen LogP contribution in [0.25, 0.3) is 0 Å². The minimum atomic E-state index is -4.62. The molecule has 71 heavy (non-hydrogen) atoms. The molecule has 0 bridgehead atoms. The third-order valence-electron chi connectivity index (χ3n) is 11.7. The van der Waals surface area contributed by atoms with E-state index in [0.29, 0.717) is 22.3 Å². The first kappa shape index (κ1) is 46.1. The van der Waals surface area contributed by atoms with E-state index in [9.17, 15) is 54.7 Å². The number of benzene rings is 6. The smallest absolute Gasteiger partial charge is 0.365 e. The Morgan fingerprint density at radius 1 is 0.479 bits per heavy atom. The van der Waals surface area contributed by atoms with Crippen LogP contribution in [-0.2, 0) is 46.5 Å². The van der Waals surface area contributed by atoms with Gasteiger partial charge in [0.2, 0.25) is 17.3 Å². The lowest BCUT2D eigenvalue weighted by atomic mass is 9.57. The lowest BCUT2D eigenvalue weighted by Crippen LogP contribution is -2.41. The number of hydrogen-bond acceptors (Lipinski definition) is 21. The van der Waals surface area contributed by atoms with Gasteiger partial charge in [0.05, 0.1) is 16.7 Å². The van der Waals surface area contributed by atoms with Gasteiger partial charge in [-0.05, 0) is 131 Å². The SMILES string of the molecule is N=C1C(=O)Oc2ccc(S([O-])(O)Oc3ccc4c(c3)CC4(c3ccc(OS(=O)(=O)c4ccc5c(c4)C(=O)C(=N)C(=O)O5)cc3)c3ccc(OS(=O)(=O)c4ccc5c(c4)C(=O)C(=N)C(=O)O5)cc3)cc2C1=O. The number of rotatable bonds is 11. The van der Waals surface area contributed by atoms with Crippen LogP contribution in [0.4, 0.5) is 0 Å². The van der Waals surface area contributed by atoms with Crippen LogP contribution in [0.1, 0.15) is 53.3 Å². The predicted octanol–water partition coefficient (Wildman–Crippen LogP) is 5.24. The number of hydrogen-bond donors (Lipinski definition) is 4. The molecule has 0 saturated heterocycles. The number of carbonyl (C=O) groups excluding carboxylic acids is 6. The molecular formula is C47H26N3O18S3-. The molecule has 4 N–H and O–H groups in total. The lowest BCUT2D eigenvalue weighted by Gasteiger charge is -2.46. The molecule has 0 saturated carbocycles. The molecule has 21 nitrogen and oxygen atoms in total. The van der Waals surface area contributed by atoms with E-state index in [1.54, 1.807) is 30.3 Å². The van der Waals surface area contributed by atoms with Crippen LogP contribution in [0, 0.1) is 16.2 Å². The summed E-state index contributed by atoms with van der Waals surface area (Å²) in [4.78, 5) is 71.9. The van der Waals surface area contributed by atoms with Gasteiger partial charge in [-0.3, -0.25) is 30.6 Å². The molecule has 6 aromatic rings. The Bertz CT molecular complexity index is 3590. The molecule has 356 valence electrons. The van der Waals surface area contributed by atoms with E-state index in [1.807, 2.05) is 0 Å². The average Bonchev–Trinajstić information content (AvgIpc) is 3.33. The highest BCUT2D eigenvalue weighted by atomic mass is 32.3. The fraction of sp³-hybridized carbons (Fsp3) is 0.0426. The summed E-state index contributed by atoms with van der Waals surface area (Å²) in [5.41, 5.74) is -2.64. The van der Waals surface area contributed by atoms with E-state index in [2.05, 4.69) is 0 Å². The zero-order valence-corrected chi connectivity index (χ0v) is 37.8. The van der Waals surface area contributed by atoms with Crippen LogP contribution in [0.5, 0.6) is 34.5 Å². The van der Waals surface area contributed by atoms with Crippen LogP contribution >= 0.6 is 10.9 Å². The minimum absolute atomic E-state index is 0.0752. The molecule has 1 aliphatic carbocycles. The number of ketones is 3. The predicted molar refractivity (Wildman–Crippen MR) is 241 cm³/mol. The first-order chi connectivity index (χ1) is 33.6. The van der Waals surface area contributed by atoms with E-state index in [-0.39, 0.29) is 62.5 Å². The van der Waals surface area contributed by atoms with Crippen molar-refractivity contribution in [2.24, 2.45) is 0 Å². The maximum atomic E-state index is 13.6. The van der Waals surface area contributed by atoms with Crippen molar-refractivity contribution in [2.45, 2.75) is 26.5 Å². The van der Waals surface area contributed by atoms with Crippen molar-refractivity contribution in [1.29, 1.82) is 16.2 Å². The molecule has 0 radical (unpaired) electrons. The van der Waals surface area contributed by atoms with Crippen molar-refractivity contribution in [2.75, 3.05) is 0 Å². The topological polar surface area (TPSA) is 341 Å². The highest BCUT2D eigenvalue weighted by molar-refractivity contribution is 8.20. The second kappa shape index (κ2) is 16.2. The largest absolute Gasteiger partial charge is 0.760 e. The Hall–Kier alpha value is -8.68. The van der Waals surface area contributed by atoms with Gasteiger partial charge in [-0.1, -0.05) is 30.3 Å². The Kier molecular flexibility index (Phi) is 10.5. The van der Waals surface area contributed by atoms with Crippen LogP contribution in [0.3, 0.4) is 0 Å². The maximum absolute atomic E-state index is 13.6. The summed E-state index contributed by atoms with van der Waals surface area (Å²) in [5.74, 6) is -7.71. The Morgan fingerprint density at radius 2 is 0.845 bits per heavy atom. The molecule has 3 aliphatic heterocycles. The summed E-state index contributed by atoms with van der Waals surface area (Å²) < 4.78 is 110. The van der Waals surface area contributed by atoms with Crippen molar-refractivity contribution in [3.63, 3.8) is 0 Å². The van der Waals surface area contributed by atoms with Crippen molar-refractivity contribution in [3.8, 4) is 34.5 Å². The quantitative estimate of drug-likeness (QED) is 0.0732. The third kappa shape index (κ3) is 7.71. The number of nitrogens with one attached hydrogen (secondary N) is 3. The Morgan fingerprint density at radius 3 is 1.24 bits per heavy atom. The van der Waals surface area contributed by atoms with Gasteiger partial charge in [0, 0.05) is 10.3 Å². The van der Waals surface area contributed by atoms with Gasteiger partial charge in [-0.15, -0.1) is 0 Å². The average molecular weight is 1020 g/mol. The maximum Gasteiger partial charge on any atom is 0.365 e. The number of ether oxygens (including phenoxy) is 3. The molecule has 4 aliphatic rings. The molecule has 10 rings (SSSR count). The lowest BCUT2D eigenvalue weighted by molar-refractivity contribution is -0.128. The van der Waals surface area contributed by atoms with E-state index >= 15 is 0 Å². The summed E-state index contributed by atoms with van der Waals surface area (Å²) in [7, 11) is -13.6. The van der Waals surface area contributed by atoms with Crippen molar-refractivity contribution in [1.82, 2.24) is 0 Å². The van der Waals surface area contributed by atoms with Gasteiger partial charge >= 0.3 is 38.1 Å². The molecule has 6 aromatic carbocycles. The molecule has 1 atom stereocenters. The third-order valence-corrected chi connectivity index (χ3v) is 15.4. The zero-order chi connectivity index (χ0) is 50.5. The van der Waals surface area contributed by atoms with E-state index < -0.39 is 98.7 Å². The fourth-order valence-corrected chi connectivity index (χ4v) is 11.1. The molecule has 1 unspecified atom stereocenters. The highest BCUT2D eigenvalue weighted by Gasteiger charge is 2.46. The van der Waals surface area contributed by atoms with Gasteiger partial charge in [-0.2, -0.15) is 16.8 Å². The molecule has 0 aromatic heterocycles. The zero-order valence-electron chi connectivity index (χ0n) is 35.4. The molecule has 0 amide bonds. The number of fused-ring (bicyclic) bond motifs is 4. The van der Waals surface area contributed by atoms with Crippen molar-refractivity contribution >= 4 is 83.5 Å². The Balaban J connectivity index is 0.956. The van der Waals surface area contributed by atoms with E-state index in [4.69, 9.17) is 43.0 Å². The highest BCUT2D eigenvalue weighted by Crippen LogP contribution is 2.55. The number of carbonyl (C=O) groups is 6. The molecule has 24 heteroatoms. The van der Waals surface area contributed by atoms with Crippen LogP contribution in [-0.4, -0.2) is 78.3 Å². The first-order valence-corrected chi connectivity index (χ1v) is 24.5. The van der Waals surface area contributed by atoms with Crippen molar-refractivity contribution in [3.05, 3.63) is 160 Å². The van der Waals surface area contributed by atoms with Gasteiger partial charge in [0.25, 0.3) is 0 Å². The molecule has 3 heterocycles. The summed E-state index contributed by atoms with van der Waals surface area (Å²) in [5, 5.41) is 23.0. The monoisotopic (exact) mass is 1020 g/mol. The van der Waals surface area contributed by atoms with E-state index in [0.717, 1.165) is 54.6 Å². The van der Waals surface area contributed by atoms with Gasteiger partial charge < -0.3 is 35.9 Å². The second-order valence-electron chi connectivity index (χ2n) is 15.8. The second-order valence-corrected chi connectivity index (χ2v) is 20.5. The van der Waals surface area contributed by atoms with Gasteiger partial charge in [0.1, 0.15) is 44.3 Å². The molecule has 0 spiro atoms. The normalized spacial score (nSPS) is 18.5. The van der Waals surface area contributed by atoms with Crippen molar-refractivity contribution < 1.29 is 81.5 Å². The number of esters is 3. The minimum Gasteiger partial charge on any atom is -0.760 e. The van der Waals surface area contributed by atoms with Crippen LogP contribution in [0.15, 0.2) is 136 Å². The van der Waals surface area contributed by atoms with Gasteiger partial charge in [-0.25, -0.2) is 14.4 Å². The molecular weight excluding hydrogens is 991 g/mol. The van der Waals surface area contributed by atoms with Gasteiger partial charge in [0.15, 0.2) is 17.1 Å². The van der Waals surface area contributed by atoms with Crippen LogP contribution in [0.2, 0.25) is 0 Å². The Labute approximate surface area is 400 Å². The summed E-state index contributed by atoms with van der Waals surface area (Å²) in [6.45, 7) is 0. The number of Topliss-reactive ketones (excluding diaryl/α,β-unsaturated/α-hetero) is 3. The summed E-state index contributed by atoms with van der Waals surface area (Å²) in [6.07, 6.45) is 0.162.